The SMILES string of the molecule is CC.CCC(CCN(C)CC1CC[C@H]1C(=O)O)c1nn(C)c2c(C(F)(F)F)cccc12. The number of aryl methyl sites for hydroxylation is 1. The van der Waals surface area contributed by atoms with Gasteiger partial charge in [-0.05, 0) is 51.3 Å². The third-order valence-electron chi connectivity index (χ3n) is 6.22. The van der Waals surface area contributed by atoms with Gasteiger partial charge >= 0.3 is 12.1 Å². The topological polar surface area (TPSA) is 58.4 Å². The molecule has 0 bridgehead atoms. The molecule has 0 spiro atoms. The van der Waals surface area contributed by atoms with Crippen LogP contribution < -0.4 is 0 Å². The van der Waals surface area contributed by atoms with E-state index in [1.807, 2.05) is 27.8 Å². The zero-order chi connectivity index (χ0) is 23.3. The van der Waals surface area contributed by atoms with E-state index in [0.717, 1.165) is 44.8 Å². The summed E-state index contributed by atoms with van der Waals surface area (Å²) in [5.74, 6) is -0.745. The third-order valence-corrected chi connectivity index (χ3v) is 6.22. The predicted octanol–water partition coefficient (Wildman–Crippen LogP) is 5.54. The summed E-state index contributed by atoms with van der Waals surface area (Å²) in [6, 6.07) is 4.25. The Morgan fingerprint density at radius 1 is 1.32 bits per heavy atom. The number of aromatic nitrogens is 2. The lowest BCUT2D eigenvalue weighted by Gasteiger charge is -2.36. The van der Waals surface area contributed by atoms with E-state index in [0.29, 0.717) is 11.1 Å². The van der Waals surface area contributed by atoms with Gasteiger partial charge in [-0.3, -0.25) is 9.48 Å². The van der Waals surface area contributed by atoms with Gasteiger partial charge in [0.05, 0.1) is 22.7 Å². The van der Waals surface area contributed by atoms with Crippen molar-refractivity contribution in [2.75, 3.05) is 20.1 Å². The molecule has 1 aliphatic rings. The first kappa shape index (κ1) is 25.2. The summed E-state index contributed by atoms with van der Waals surface area (Å²) in [6.07, 6.45) is -1.20. The van der Waals surface area contributed by atoms with Gasteiger partial charge < -0.3 is 10.0 Å². The number of aliphatic carboxylic acids is 1. The van der Waals surface area contributed by atoms with Crippen LogP contribution in [-0.2, 0) is 18.0 Å². The third kappa shape index (κ3) is 5.59. The molecule has 8 heteroatoms. The van der Waals surface area contributed by atoms with Gasteiger partial charge in [0, 0.05) is 24.9 Å². The molecule has 3 rings (SSSR count). The maximum atomic E-state index is 13.4. The minimum Gasteiger partial charge on any atom is -0.481 e. The second-order valence-electron chi connectivity index (χ2n) is 8.15. The van der Waals surface area contributed by atoms with Crippen molar-refractivity contribution in [2.24, 2.45) is 18.9 Å². The second kappa shape index (κ2) is 10.5. The van der Waals surface area contributed by atoms with Crippen LogP contribution in [0.4, 0.5) is 13.2 Å². The molecule has 5 nitrogen and oxygen atoms in total. The van der Waals surface area contributed by atoms with E-state index >= 15 is 0 Å². The molecule has 1 heterocycles. The van der Waals surface area contributed by atoms with Crippen LogP contribution in [0.1, 0.15) is 63.6 Å². The molecule has 1 fully saturated rings. The number of fused-ring (bicyclic) bond motifs is 1. The first-order valence-corrected chi connectivity index (χ1v) is 11.1. The molecule has 0 saturated heterocycles. The molecule has 1 aromatic carbocycles. The van der Waals surface area contributed by atoms with Crippen LogP contribution >= 0.6 is 0 Å². The van der Waals surface area contributed by atoms with Crippen molar-refractivity contribution in [3.05, 3.63) is 29.5 Å². The monoisotopic (exact) mass is 441 g/mol. The van der Waals surface area contributed by atoms with Gasteiger partial charge in [0.2, 0.25) is 0 Å². The molecule has 0 amide bonds. The average molecular weight is 442 g/mol. The van der Waals surface area contributed by atoms with Crippen molar-refractivity contribution < 1.29 is 23.1 Å². The Kier molecular flexibility index (Phi) is 8.51. The van der Waals surface area contributed by atoms with E-state index in [2.05, 4.69) is 10.00 Å². The second-order valence-corrected chi connectivity index (χ2v) is 8.15. The van der Waals surface area contributed by atoms with E-state index < -0.39 is 17.7 Å². The molecule has 31 heavy (non-hydrogen) atoms. The van der Waals surface area contributed by atoms with Crippen molar-refractivity contribution in [1.29, 1.82) is 0 Å². The van der Waals surface area contributed by atoms with E-state index in [9.17, 15) is 23.1 Å². The number of benzene rings is 1. The average Bonchev–Trinajstić information content (AvgIpc) is 3.03. The van der Waals surface area contributed by atoms with Crippen LogP contribution in [0.25, 0.3) is 10.9 Å². The molecule has 0 radical (unpaired) electrons. The maximum Gasteiger partial charge on any atom is 0.418 e. The first-order chi connectivity index (χ1) is 14.6. The Balaban J connectivity index is 0.00000166. The van der Waals surface area contributed by atoms with E-state index in [-0.39, 0.29) is 23.3 Å². The number of para-hydroxylation sites is 1. The molecule has 1 saturated carbocycles. The van der Waals surface area contributed by atoms with Crippen LogP contribution in [0.5, 0.6) is 0 Å². The highest BCUT2D eigenvalue weighted by Gasteiger charge is 2.37. The highest BCUT2D eigenvalue weighted by atomic mass is 19.4. The maximum absolute atomic E-state index is 13.4. The number of nitrogens with zero attached hydrogens (tertiary/aromatic N) is 3. The lowest BCUT2D eigenvalue weighted by Crippen LogP contribution is -2.40. The fourth-order valence-electron chi connectivity index (χ4n) is 4.41. The van der Waals surface area contributed by atoms with Crippen molar-refractivity contribution in [1.82, 2.24) is 14.7 Å². The molecule has 1 aromatic heterocycles. The van der Waals surface area contributed by atoms with Gasteiger partial charge in [0.25, 0.3) is 0 Å². The molecule has 2 aromatic rings. The Hall–Kier alpha value is -2.09. The van der Waals surface area contributed by atoms with Gasteiger partial charge in [-0.15, -0.1) is 0 Å². The van der Waals surface area contributed by atoms with Gasteiger partial charge in [-0.1, -0.05) is 32.9 Å². The van der Waals surface area contributed by atoms with Crippen LogP contribution in [0.2, 0.25) is 0 Å². The smallest absolute Gasteiger partial charge is 0.418 e. The largest absolute Gasteiger partial charge is 0.481 e. The molecule has 2 unspecified atom stereocenters. The number of carboxylic acids is 1. The summed E-state index contributed by atoms with van der Waals surface area (Å²) in [4.78, 5) is 13.3. The van der Waals surface area contributed by atoms with Gasteiger partial charge in [-0.25, -0.2) is 0 Å². The molecule has 0 aliphatic heterocycles. The summed E-state index contributed by atoms with van der Waals surface area (Å²) in [6.45, 7) is 7.50. The summed E-state index contributed by atoms with van der Waals surface area (Å²) >= 11 is 0. The summed E-state index contributed by atoms with van der Waals surface area (Å²) < 4.78 is 41.5. The number of hydrogen-bond acceptors (Lipinski definition) is 3. The fourth-order valence-corrected chi connectivity index (χ4v) is 4.41. The first-order valence-electron chi connectivity index (χ1n) is 11.1. The van der Waals surface area contributed by atoms with Crippen LogP contribution in [0, 0.1) is 11.8 Å². The van der Waals surface area contributed by atoms with Crippen molar-refractivity contribution >= 4 is 16.9 Å². The van der Waals surface area contributed by atoms with Gasteiger partial charge in [0.1, 0.15) is 0 Å². The van der Waals surface area contributed by atoms with Crippen molar-refractivity contribution in [3.8, 4) is 0 Å². The minimum atomic E-state index is -4.42. The Labute approximate surface area is 182 Å². The van der Waals surface area contributed by atoms with Crippen LogP contribution in [0.3, 0.4) is 0 Å². The lowest BCUT2D eigenvalue weighted by molar-refractivity contribution is -0.148. The minimum absolute atomic E-state index is 0.0429. The molecular weight excluding hydrogens is 407 g/mol. The van der Waals surface area contributed by atoms with Crippen LogP contribution in [-0.4, -0.2) is 45.9 Å². The van der Waals surface area contributed by atoms with Gasteiger partial charge in [-0.2, -0.15) is 18.3 Å². The van der Waals surface area contributed by atoms with Crippen molar-refractivity contribution in [3.63, 3.8) is 0 Å². The quantitative estimate of drug-likeness (QED) is 0.584. The predicted molar refractivity (Wildman–Crippen MR) is 116 cm³/mol. The number of carboxylic acid groups (broad SMARTS) is 1. The Morgan fingerprint density at radius 2 is 2.00 bits per heavy atom. The number of alkyl halides is 3. The number of rotatable bonds is 8. The Morgan fingerprint density at radius 3 is 2.52 bits per heavy atom. The normalized spacial score (nSPS) is 19.6. The summed E-state index contributed by atoms with van der Waals surface area (Å²) in [7, 11) is 3.53. The van der Waals surface area contributed by atoms with Gasteiger partial charge in [0.15, 0.2) is 0 Å². The highest BCUT2D eigenvalue weighted by molar-refractivity contribution is 5.86. The zero-order valence-electron chi connectivity index (χ0n) is 19.0. The number of carbonyl (C=O) groups is 1. The van der Waals surface area contributed by atoms with Crippen LogP contribution in [0.15, 0.2) is 18.2 Å². The van der Waals surface area contributed by atoms with E-state index in [1.54, 1.807) is 13.1 Å². The standard InChI is InChI=1S/C21H28F3N3O2.C2H6/c1-4-13(10-11-26(2)12-14-8-9-15(14)20(28)29)18-16-6-5-7-17(21(22,23)24)19(16)27(3)25-18;1-2/h5-7,13-15H,4,8-12H2,1-3H3,(H,28,29);1-2H3/t13?,14?,15-;/m1./s1. The van der Waals surface area contributed by atoms with E-state index in [1.165, 1.54) is 10.7 Å². The summed E-state index contributed by atoms with van der Waals surface area (Å²) in [5.41, 5.74) is 0.171. The Bertz CT molecular complexity index is 879. The molecule has 1 N–H and O–H groups in total. The number of halogens is 3. The molecule has 1 aliphatic carbocycles. The summed E-state index contributed by atoms with van der Waals surface area (Å²) in [5, 5.41) is 14.2. The zero-order valence-corrected chi connectivity index (χ0v) is 19.0. The number of hydrogen-bond donors (Lipinski definition) is 1. The highest BCUT2D eigenvalue weighted by Crippen LogP contribution is 2.38. The fraction of sp³-hybridized carbons (Fsp3) is 0.652. The molecular formula is C23H34F3N3O2. The van der Waals surface area contributed by atoms with Crippen molar-refractivity contribution in [2.45, 2.75) is 58.5 Å². The molecule has 174 valence electrons. The lowest BCUT2D eigenvalue weighted by atomic mass is 9.73. The van der Waals surface area contributed by atoms with E-state index in [4.69, 9.17) is 0 Å². The molecule has 3 atom stereocenters.